The highest BCUT2D eigenvalue weighted by molar-refractivity contribution is 7.92. The molecule has 0 amide bonds. The second-order valence-electron chi connectivity index (χ2n) is 4.08. The number of hydrogen-bond acceptors (Lipinski definition) is 5. The molecule has 0 atom stereocenters. The summed E-state index contributed by atoms with van der Waals surface area (Å²) in [4.78, 5) is 1.08. The van der Waals surface area contributed by atoms with Gasteiger partial charge in [0.2, 0.25) is 0 Å². The zero-order valence-corrected chi connectivity index (χ0v) is 12.4. The second kappa shape index (κ2) is 5.32. The van der Waals surface area contributed by atoms with Crippen LogP contribution in [0.25, 0.3) is 0 Å². The first-order valence-electron chi connectivity index (χ1n) is 5.79. The largest absolute Gasteiger partial charge is 0.326 e. The van der Waals surface area contributed by atoms with E-state index in [1.807, 2.05) is 6.92 Å². The van der Waals surface area contributed by atoms with Crippen molar-refractivity contribution < 1.29 is 8.42 Å². The van der Waals surface area contributed by atoms with E-state index >= 15 is 0 Å². The number of aryl methyl sites for hydroxylation is 2. The number of anilines is 1. The van der Waals surface area contributed by atoms with Crippen LogP contribution in [0.15, 0.2) is 22.5 Å². The quantitative estimate of drug-likeness (QED) is 0.871. The van der Waals surface area contributed by atoms with Gasteiger partial charge in [0.1, 0.15) is 0 Å². The minimum atomic E-state index is -3.57. The molecule has 2 aromatic rings. The Bertz CT molecular complexity index is 673. The maximum Gasteiger partial charge on any atom is 0.262 e. The van der Waals surface area contributed by atoms with E-state index in [-0.39, 0.29) is 4.90 Å². The first-order chi connectivity index (χ1) is 8.96. The molecule has 0 aromatic carbocycles. The van der Waals surface area contributed by atoms with Gasteiger partial charge in [-0.2, -0.15) is 5.10 Å². The molecule has 2 aromatic heterocycles. The zero-order chi connectivity index (χ0) is 14.0. The molecule has 0 saturated heterocycles. The van der Waals surface area contributed by atoms with Gasteiger partial charge in [-0.3, -0.25) is 9.40 Å². The molecule has 0 aliphatic heterocycles. The average molecular weight is 300 g/mol. The van der Waals surface area contributed by atoms with Crippen LogP contribution in [0, 0.1) is 0 Å². The first-order valence-corrected chi connectivity index (χ1v) is 8.15. The lowest BCUT2D eigenvalue weighted by Gasteiger charge is -2.05. The molecule has 3 N–H and O–H groups in total. The molecule has 104 valence electrons. The van der Waals surface area contributed by atoms with Crippen molar-refractivity contribution in [3.05, 3.63) is 28.2 Å². The van der Waals surface area contributed by atoms with Gasteiger partial charge in [0, 0.05) is 30.0 Å². The third kappa shape index (κ3) is 2.96. The number of nitrogens with zero attached hydrogens (tertiary/aromatic N) is 2. The van der Waals surface area contributed by atoms with Gasteiger partial charge in [-0.25, -0.2) is 8.42 Å². The van der Waals surface area contributed by atoms with Crippen molar-refractivity contribution in [1.82, 2.24) is 9.78 Å². The molecule has 2 heterocycles. The molecule has 6 nitrogen and oxygen atoms in total. The lowest BCUT2D eigenvalue weighted by molar-refractivity contribution is 0.601. The Balaban J connectivity index is 2.30. The lowest BCUT2D eigenvalue weighted by atomic mass is 10.3. The SMILES string of the molecule is CCc1nn(C)cc1NS(=O)(=O)c1csc(CN)c1. The highest BCUT2D eigenvalue weighted by Crippen LogP contribution is 2.23. The fraction of sp³-hybridized carbons (Fsp3) is 0.364. The van der Waals surface area contributed by atoms with Crippen LogP contribution in [0.1, 0.15) is 17.5 Å². The van der Waals surface area contributed by atoms with E-state index in [1.165, 1.54) is 11.3 Å². The maximum atomic E-state index is 12.2. The molecule has 0 unspecified atom stereocenters. The van der Waals surface area contributed by atoms with Crippen LogP contribution in [0.5, 0.6) is 0 Å². The van der Waals surface area contributed by atoms with E-state index in [9.17, 15) is 8.42 Å². The number of aromatic nitrogens is 2. The Labute approximate surface area is 116 Å². The molecule has 0 bridgehead atoms. The molecule has 0 radical (unpaired) electrons. The smallest absolute Gasteiger partial charge is 0.262 e. The van der Waals surface area contributed by atoms with E-state index in [0.717, 1.165) is 10.6 Å². The van der Waals surface area contributed by atoms with Crippen LogP contribution in [0.4, 0.5) is 5.69 Å². The number of thiophene rings is 1. The summed E-state index contributed by atoms with van der Waals surface area (Å²) in [5.41, 5.74) is 6.73. The summed E-state index contributed by atoms with van der Waals surface area (Å²) in [6, 6.07) is 1.59. The van der Waals surface area contributed by atoms with Crippen LogP contribution in [-0.4, -0.2) is 18.2 Å². The average Bonchev–Trinajstić information content (AvgIpc) is 2.95. The second-order valence-corrected chi connectivity index (χ2v) is 6.75. The minimum Gasteiger partial charge on any atom is -0.326 e. The van der Waals surface area contributed by atoms with Gasteiger partial charge < -0.3 is 5.73 Å². The molecule has 19 heavy (non-hydrogen) atoms. The highest BCUT2D eigenvalue weighted by Gasteiger charge is 2.18. The fourth-order valence-corrected chi connectivity index (χ4v) is 3.92. The van der Waals surface area contributed by atoms with Crippen LogP contribution in [0.3, 0.4) is 0 Å². The van der Waals surface area contributed by atoms with Gasteiger partial charge in [0.15, 0.2) is 0 Å². The van der Waals surface area contributed by atoms with Gasteiger partial charge >= 0.3 is 0 Å². The van der Waals surface area contributed by atoms with Gasteiger partial charge in [-0.15, -0.1) is 11.3 Å². The predicted molar refractivity (Wildman–Crippen MR) is 75.6 cm³/mol. The van der Waals surface area contributed by atoms with E-state index in [4.69, 9.17) is 5.73 Å². The van der Waals surface area contributed by atoms with Gasteiger partial charge in [0.25, 0.3) is 10.0 Å². The standard InChI is InChI=1S/C11H16N4O2S2/c1-3-10-11(6-15(2)13-10)14-19(16,17)9-4-8(5-12)18-7-9/h4,6-7,14H,3,5,12H2,1-2H3. The number of nitrogens with one attached hydrogen (secondary N) is 1. The third-order valence-electron chi connectivity index (χ3n) is 2.63. The van der Waals surface area contributed by atoms with E-state index in [1.54, 1.807) is 29.4 Å². The molecule has 0 fully saturated rings. The molecule has 0 saturated carbocycles. The van der Waals surface area contributed by atoms with Crippen LogP contribution in [0.2, 0.25) is 0 Å². The number of hydrogen-bond donors (Lipinski definition) is 2. The summed E-state index contributed by atoms with van der Waals surface area (Å²) in [7, 11) is -1.81. The van der Waals surface area contributed by atoms with Crippen molar-refractivity contribution in [2.75, 3.05) is 4.72 Å². The van der Waals surface area contributed by atoms with Crippen molar-refractivity contribution in [2.24, 2.45) is 12.8 Å². The summed E-state index contributed by atoms with van der Waals surface area (Å²) in [6.07, 6.45) is 2.32. The monoisotopic (exact) mass is 300 g/mol. The third-order valence-corrected chi connectivity index (χ3v) is 5.08. The number of sulfonamides is 1. The van der Waals surface area contributed by atoms with Crippen molar-refractivity contribution in [3.63, 3.8) is 0 Å². The summed E-state index contributed by atoms with van der Waals surface area (Å²) in [5.74, 6) is 0. The molecule has 0 spiro atoms. The zero-order valence-electron chi connectivity index (χ0n) is 10.8. The molecule has 2 rings (SSSR count). The van der Waals surface area contributed by atoms with Crippen LogP contribution >= 0.6 is 11.3 Å². The molecule has 8 heteroatoms. The highest BCUT2D eigenvalue weighted by atomic mass is 32.2. The van der Waals surface area contributed by atoms with E-state index in [2.05, 4.69) is 9.82 Å². The lowest BCUT2D eigenvalue weighted by Crippen LogP contribution is -2.12. The summed E-state index contributed by atoms with van der Waals surface area (Å²) in [5, 5.41) is 5.79. The Morgan fingerprint density at radius 1 is 1.53 bits per heavy atom. The van der Waals surface area contributed by atoms with Gasteiger partial charge in [0.05, 0.1) is 16.3 Å². The van der Waals surface area contributed by atoms with Crippen molar-refractivity contribution in [2.45, 2.75) is 24.8 Å². The van der Waals surface area contributed by atoms with E-state index in [0.29, 0.717) is 18.7 Å². The molecule has 0 aliphatic carbocycles. The Hall–Kier alpha value is -1.38. The number of nitrogens with two attached hydrogens (primary N) is 1. The summed E-state index contributed by atoms with van der Waals surface area (Å²) < 4.78 is 28.6. The normalized spacial score (nSPS) is 11.7. The van der Waals surface area contributed by atoms with Crippen molar-refractivity contribution >= 4 is 27.0 Å². The Morgan fingerprint density at radius 3 is 2.84 bits per heavy atom. The maximum absolute atomic E-state index is 12.2. The van der Waals surface area contributed by atoms with Crippen LogP contribution < -0.4 is 10.5 Å². The Morgan fingerprint density at radius 2 is 2.26 bits per heavy atom. The fourth-order valence-electron chi connectivity index (χ4n) is 1.69. The summed E-state index contributed by atoms with van der Waals surface area (Å²) in [6.45, 7) is 2.27. The van der Waals surface area contributed by atoms with Gasteiger partial charge in [-0.05, 0) is 12.5 Å². The molecular formula is C11H16N4O2S2. The van der Waals surface area contributed by atoms with Crippen LogP contribution in [-0.2, 0) is 30.0 Å². The van der Waals surface area contributed by atoms with Gasteiger partial charge in [-0.1, -0.05) is 6.92 Å². The number of rotatable bonds is 5. The predicted octanol–water partition coefficient (Wildman–Crippen LogP) is 1.30. The van der Waals surface area contributed by atoms with Crippen molar-refractivity contribution in [1.29, 1.82) is 0 Å². The molecule has 0 aliphatic rings. The Kier molecular flexibility index (Phi) is 3.93. The van der Waals surface area contributed by atoms with Crippen molar-refractivity contribution in [3.8, 4) is 0 Å². The minimum absolute atomic E-state index is 0.240. The van der Waals surface area contributed by atoms with E-state index < -0.39 is 10.0 Å². The summed E-state index contributed by atoms with van der Waals surface area (Å²) >= 11 is 1.34. The topological polar surface area (TPSA) is 90.0 Å². The first kappa shape index (κ1) is 14.0. The molecular weight excluding hydrogens is 284 g/mol.